The molecule has 2 rings (SSSR count). The first kappa shape index (κ1) is 21.6. The molecule has 1 atom stereocenters. The maximum atomic E-state index is 12.7. The van der Waals surface area contributed by atoms with Gasteiger partial charge in [0, 0.05) is 10.9 Å². The summed E-state index contributed by atoms with van der Waals surface area (Å²) in [6.07, 6.45) is 0.0534. The van der Waals surface area contributed by atoms with Gasteiger partial charge >= 0.3 is 5.97 Å². The summed E-state index contributed by atoms with van der Waals surface area (Å²) in [6.45, 7) is 7.61. The Bertz CT molecular complexity index is 847. The molecular weight excluding hydrogens is 378 g/mol. The Morgan fingerprint density at radius 1 is 1.21 bits per heavy atom. The van der Waals surface area contributed by atoms with E-state index in [1.165, 1.54) is 11.3 Å². The van der Waals surface area contributed by atoms with Crippen LogP contribution in [0.25, 0.3) is 0 Å². The Labute approximate surface area is 168 Å². The number of aryl methyl sites for hydroxylation is 1. The average Bonchev–Trinajstić information content (AvgIpc) is 3.06. The van der Waals surface area contributed by atoms with Crippen molar-refractivity contribution < 1.29 is 19.1 Å². The molecule has 7 nitrogen and oxygen atoms in total. The predicted octanol–water partition coefficient (Wildman–Crippen LogP) is 2.95. The summed E-state index contributed by atoms with van der Waals surface area (Å²) in [5.41, 5.74) is 1.90. The summed E-state index contributed by atoms with van der Waals surface area (Å²) in [7, 11) is 0. The largest absolute Gasteiger partial charge is 0.466 e. The second-order valence-electron chi connectivity index (χ2n) is 6.63. The van der Waals surface area contributed by atoms with Crippen LogP contribution in [0.15, 0.2) is 29.6 Å². The number of thiazole rings is 1. The second kappa shape index (κ2) is 9.98. The van der Waals surface area contributed by atoms with E-state index in [1.807, 2.05) is 32.9 Å². The quantitative estimate of drug-likeness (QED) is 0.661. The van der Waals surface area contributed by atoms with Gasteiger partial charge in [0.25, 0.3) is 5.91 Å². The number of nitrogens with one attached hydrogen (secondary N) is 2. The second-order valence-corrected chi connectivity index (χ2v) is 7.48. The predicted molar refractivity (Wildman–Crippen MR) is 108 cm³/mol. The molecule has 0 saturated carbocycles. The zero-order chi connectivity index (χ0) is 20.7. The van der Waals surface area contributed by atoms with Gasteiger partial charge in [0.1, 0.15) is 6.04 Å². The first-order chi connectivity index (χ1) is 13.3. The van der Waals surface area contributed by atoms with Gasteiger partial charge in [0.15, 0.2) is 5.13 Å². The van der Waals surface area contributed by atoms with Gasteiger partial charge in [-0.05, 0) is 31.4 Å². The molecule has 1 heterocycles. The number of amides is 2. The topological polar surface area (TPSA) is 97.4 Å². The third-order valence-corrected chi connectivity index (χ3v) is 4.84. The number of carbonyl (C=O) groups is 3. The molecule has 0 fully saturated rings. The number of hydrogen-bond acceptors (Lipinski definition) is 6. The smallest absolute Gasteiger partial charge is 0.311 e. The van der Waals surface area contributed by atoms with Crippen molar-refractivity contribution in [3.05, 3.63) is 46.5 Å². The summed E-state index contributed by atoms with van der Waals surface area (Å²) in [4.78, 5) is 41.0. The highest BCUT2D eigenvalue weighted by Crippen LogP contribution is 2.18. The first-order valence-corrected chi connectivity index (χ1v) is 9.97. The summed E-state index contributed by atoms with van der Waals surface area (Å²) < 4.78 is 4.89. The van der Waals surface area contributed by atoms with E-state index < -0.39 is 6.04 Å². The molecule has 8 heteroatoms. The van der Waals surface area contributed by atoms with Gasteiger partial charge in [-0.25, -0.2) is 4.98 Å². The highest BCUT2D eigenvalue weighted by atomic mass is 32.1. The number of ether oxygens (including phenoxy) is 1. The Kier molecular flexibility index (Phi) is 7.69. The Morgan fingerprint density at radius 2 is 1.93 bits per heavy atom. The monoisotopic (exact) mass is 403 g/mol. The zero-order valence-electron chi connectivity index (χ0n) is 16.4. The molecule has 1 aromatic heterocycles. The van der Waals surface area contributed by atoms with Crippen LogP contribution in [-0.4, -0.2) is 35.4 Å². The Hall–Kier alpha value is -2.74. The van der Waals surface area contributed by atoms with Crippen molar-refractivity contribution >= 4 is 34.3 Å². The van der Waals surface area contributed by atoms with Gasteiger partial charge in [0.05, 0.1) is 18.7 Å². The lowest BCUT2D eigenvalue weighted by molar-refractivity contribution is -0.142. The maximum absolute atomic E-state index is 12.7. The summed E-state index contributed by atoms with van der Waals surface area (Å²) in [6, 6.07) is 6.49. The highest BCUT2D eigenvalue weighted by molar-refractivity contribution is 7.13. The van der Waals surface area contributed by atoms with Crippen molar-refractivity contribution in [3.63, 3.8) is 0 Å². The van der Waals surface area contributed by atoms with Gasteiger partial charge in [-0.1, -0.05) is 32.0 Å². The van der Waals surface area contributed by atoms with Crippen molar-refractivity contribution in [2.45, 2.75) is 40.2 Å². The molecule has 2 N–H and O–H groups in total. The zero-order valence-corrected chi connectivity index (χ0v) is 17.3. The van der Waals surface area contributed by atoms with E-state index in [1.54, 1.807) is 24.4 Å². The average molecular weight is 404 g/mol. The summed E-state index contributed by atoms with van der Waals surface area (Å²) in [5, 5.41) is 7.60. The molecule has 28 heavy (non-hydrogen) atoms. The molecule has 150 valence electrons. The van der Waals surface area contributed by atoms with Gasteiger partial charge < -0.3 is 15.4 Å². The van der Waals surface area contributed by atoms with Crippen molar-refractivity contribution in [1.82, 2.24) is 10.3 Å². The molecule has 1 aromatic carbocycles. The standard InChI is InChI=1S/C20H25N3O4S/c1-5-27-16(24)10-14-11-28-20(21-14)23-19(26)17(12(2)3)22-18(25)15-9-7-6-8-13(15)4/h6-9,11-12,17H,5,10H2,1-4H3,(H,22,25)(H,21,23,26)/t17-/m1/s1. The van der Waals surface area contributed by atoms with Crippen molar-refractivity contribution in [1.29, 1.82) is 0 Å². The molecule has 2 amide bonds. The van der Waals surface area contributed by atoms with Crippen molar-refractivity contribution in [2.75, 3.05) is 11.9 Å². The fraction of sp³-hybridized carbons (Fsp3) is 0.400. The fourth-order valence-corrected chi connectivity index (χ4v) is 3.28. The number of anilines is 1. The lowest BCUT2D eigenvalue weighted by Gasteiger charge is -2.21. The van der Waals surface area contributed by atoms with Crippen LogP contribution in [0.3, 0.4) is 0 Å². The van der Waals surface area contributed by atoms with Crippen LogP contribution in [0.5, 0.6) is 0 Å². The van der Waals surface area contributed by atoms with Crippen LogP contribution in [-0.2, 0) is 20.7 Å². The number of carbonyl (C=O) groups excluding carboxylic acids is 3. The minimum atomic E-state index is -0.718. The third-order valence-electron chi connectivity index (χ3n) is 4.04. The van der Waals surface area contributed by atoms with Crippen LogP contribution < -0.4 is 10.6 Å². The summed E-state index contributed by atoms with van der Waals surface area (Å²) in [5.74, 6) is -1.13. The van der Waals surface area contributed by atoms with Crippen LogP contribution in [0, 0.1) is 12.8 Å². The number of benzene rings is 1. The van der Waals surface area contributed by atoms with E-state index >= 15 is 0 Å². The van der Waals surface area contributed by atoms with Crippen LogP contribution in [0.1, 0.15) is 42.4 Å². The van der Waals surface area contributed by atoms with Crippen LogP contribution in [0.2, 0.25) is 0 Å². The van der Waals surface area contributed by atoms with Gasteiger partial charge in [0.2, 0.25) is 5.91 Å². The lowest BCUT2D eigenvalue weighted by Crippen LogP contribution is -2.47. The number of esters is 1. The molecule has 0 aliphatic heterocycles. The van der Waals surface area contributed by atoms with E-state index in [0.717, 1.165) is 5.56 Å². The number of aromatic nitrogens is 1. The fourth-order valence-electron chi connectivity index (χ4n) is 2.57. The molecule has 0 bridgehead atoms. The molecule has 0 radical (unpaired) electrons. The van der Waals surface area contributed by atoms with E-state index in [4.69, 9.17) is 4.74 Å². The van der Waals surface area contributed by atoms with E-state index in [9.17, 15) is 14.4 Å². The van der Waals surface area contributed by atoms with Gasteiger partial charge in [-0.3, -0.25) is 14.4 Å². The van der Waals surface area contributed by atoms with Crippen molar-refractivity contribution in [3.8, 4) is 0 Å². The highest BCUT2D eigenvalue weighted by Gasteiger charge is 2.26. The molecule has 0 saturated heterocycles. The SMILES string of the molecule is CCOC(=O)Cc1csc(NC(=O)[C@H](NC(=O)c2ccccc2C)C(C)C)n1. The molecule has 0 aliphatic rings. The maximum Gasteiger partial charge on any atom is 0.311 e. The number of hydrogen-bond donors (Lipinski definition) is 2. The molecular formula is C20H25N3O4S. The van der Waals surface area contributed by atoms with E-state index in [2.05, 4.69) is 15.6 Å². The molecule has 0 spiro atoms. The van der Waals surface area contributed by atoms with Crippen molar-refractivity contribution in [2.24, 2.45) is 5.92 Å². The molecule has 2 aromatic rings. The lowest BCUT2D eigenvalue weighted by atomic mass is 10.0. The molecule has 0 unspecified atom stereocenters. The normalized spacial score (nSPS) is 11.8. The minimum absolute atomic E-state index is 0.0534. The Balaban J connectivity index is 2.03. The first-order valence-electron chi connectivity index (χ1n) is 9.09. The number of rotatable bonds is 8. The molecule has 0 aliphatic carbocycles. The van der Waals surface area contributed by atoms with E-state index in [0.29, 0.717) is 23.0 Å². The van der Waals surface area contributed by atoms with Crippen LogP contribution in [0.4, 0.5) is 5.13 Å². The number of nitrogens with zero attached hydrogens (tertiary/aromatic N) is 1. The Morgan fingerprint density at radius 3 is 2.57 bits per heavy atom. The van der Waals surface area contributed by atoms with Crippen LogP contribution >= 0.6 is 11.3 Å². The summed E-state index contributed by atoms with van der Waals surface area (Å²) >= 11 is 1.22. The van der Waals surface area contributed by atoms with Gasteiger partial charge in [-0.15, -0.1) is 11.3 Å². The van der Waals surface area contributed by atoms with E-state index in [-0.39, 0.29) is 30.1 Å². The minimum Gasteiger partial charge on any atom is -0.466 e. The third kappa shape index (κ3) is 5.88. The van der Waals surface area contributed by atoms with Gasteiger partial charge in [-0.2, -0.15) is 0 Å².